The van der Waals surface area contributed by atoms with Crippen molar-refractivity contribution in [3.63, 3.8) is 0 Å². The summed E-state index contributed by atoms with van der Waals surface area (Å²) in [4.78, 5) is 0. The fraction of sp³-hybridized carbons (Fsp3) is 0.625. The van der Waals surface area contributed by atoms with Gasteiger partial charge in [0.1, 0.15) is 0 Å². The second-order valence-electron chi connectivity index (χ2n) is 5.27. The third kappa shape index (κ3) is 4.33. The molecular formula is C16H24OS. The van der Waals surface area contributed by atoms with E-state index < -0.39 is 0 Å². The van der Waals surface area contributed by atoms with Crippen LogP contribution in [0, 0.1) is 0 Å². The van der Waals surface area contributed by atoms with Crippen LogP contribution in [0.2, 0.25) is 0 Å². The Balaban J connectivity index is 1.73. The third-order valence-corrected chi connectivity index (χ3v) is 5.25. The molecule has 1 aliphatic rings. The Bertz CT molecular complexity index is 341. The molecule has 0 radical (unpaired) electrons. The Morgan fingerprint density at radius 2 is 1.78 bits per heavy atom. The van der Waals surface area contributed by atoms with Crippen molar-refractivity contribution in [2.45, 2.75) is 56.8 Å². The highest BCUT2D eigenvalue weighted by atomic mass is 32.2. The van der Waals surface area contributed by atoms with Gasteiger partial charge in [-0.1, -0.05) is 44.0 Å². The second-order valence-corrected chi connectivity index (χ2v) is 6.60. The van der Waals surface area contributed by atoms with Crippen LogP contribution in [0.3, 0.4) is 0 Å². The molecule has 0 heterocycles. The van der Waals surface area contributed by atoms with Gasteiger partial charge in [0.2, 0.25) is 0 Å². The van der Waals surface area contributed by atoms with E-state index in [4.69, 9.17) is 0 Å². The van der Waals surface area contributed by atoms with Gasteiger partial charge in [0.15, 0.2) is 0 Å². The summed E-state index contributed by atoms with van der Waals surface area (Å²) in [5.74, 6) is 0.889. The summed E-state index contributed by atoms with van der Waals surface area (Å²) in [7, 11) is 0. The van der Waals surface area contributed by atoms with Crippen molar-refractivity contribution in [1.82, 2.24) is 0 Å². The number of benzene rings is 1. The summed E-state index contributed by atoms with van der Waals surface area (Å²) in [6, 6.07) is 8.66. The SMILES string of the molecule is CCc1ccc(CC(O)CSC2CCCC2)cc1. The number of hydrogen-bond donors (Lipinski definition) is 1. The van der Waals surface area contributed by atoms with Gasteiger partial charge in [-0.3, -0.25) is 0 Å². The smallest absolute Gasteiger partial charge is 0.0670 e. The van der Waals surface area contributed by atoms with Crippen molar-refractivity contribution in [2.75, 3.05) is 5.75 Å². The van der Waals surface area contributed by atoms with Gasteiger partial charge in [-0.25, -0.2) is 0 Å². The zero-order valence-electron chi connectivity index (χ0n) is 11.3. The summed E-state index contributed by atoms with van der Waals surface area (Å²) >= 11 is 1.97. The van der Waals surface area contributed by atoms with Gasteiger partial charge in [0, 0.05) is 11.0 Å². The van der Waals surface area contributed by atoms with Crippen molar-refractivity contribution >= 4 is 11.8 Å². The van der Waals surface area contributed by atoms with Gasteiger partial charge < -0.3 is 5.11 Å². The number of aliphatic hydroxyl groups excluding tert-OH is 1. The molecule has 1 nitrogen and oxygen atoms in total. The first-order valence-electron chi connectivity index (χ1n) is 7.15. The lowest BCUT2D eigenvalue weighted by molar-refractivity contribution is 0.200. The molecule has 0 bridgehead atoms. The maximum atomic E-state index is 10.1. The fourth-order valence-electron chi connectivity index (χ4n) is 2.54. The summed E-state index contributed by atoms with van der Waals surface area (Å²) in [6.07, 6.45) is 7.15. The Morgan fingerprint density at radius 1 is 1.17 bits per heavy atom. The monoisotopic (exact) mass is 264 g/mol. The van der Waals surface area contributed by atoms with E-state index in [9.17, 15) is 5.11 Å². The fourth-order valence-corrected chi connectivity index (χ4v) is 3.82. The summed E-state index contributed by atoms with van der Waals surface area (Å²) in [6.45, 7) is 2.17. The molecule has 0 aliphatic heterocycles. The molecule has 2 heteroatoms. The molecule has 1 fully saturated rings. The quantitative estimate of drug-likeness (QED) is 0.842. The van der Waals surface area contributed by atoms with Crippen LogP contribution >= 0.6 is 11.8 Å². The van der Waals surface area contributed by atoms with Crippen LogP contribution < -0.4 is 0 Å². The second kappa shape index (κ2) is 7.20. The van der Waals surface area contributed by atoms with E-state index in [2.05, 4.69) is 31.2 Å². The highest BCUT2D eigenvalue weighted by molar-refractivity contribution is 7.99. The Morgan fingerprint density at radius 3 is 2.39 bits per heavy atom. The van der Waals surface area contributed by atoms with Crippen LogP contribution in [0.5, 0.6) is 0 Å². The van der Waals surface area contributed by atoms with Crippen LogP contribution in [0.15, 0.2) is 24.3 Å². The predicted octanol–water partition coefficient (Wildman–Crippen LogP) is 3.83. The molecule has 1 unspecified atom stereocenters. The normalized spacial score (nSPS) is 18.1. The van der Waals surface area contributed by atoms with Gasteiger partial charge in [-0.15, -0.1) is 0 Å². The molecule has 1 aliphatic carbocycles. The standard InChI is InChI=1S/C16H24OS/c1-2-13-7-9-14(10-8-13)11-15(17)12-18-16-5-3-4-6-16/h7-10,15-17H,2-6,11-12H2,1H3. The number of aryl methyl sites for hydroxylation is 1. The number of hydrogen-bond acceptors (Lipinski definition) is 2. The minimum absolute atomic E-state index is 0.192. The third-order valence-electron chi connectivity index (χ3n) is 3.73. The van der Waals surface area contributed by atoms with Crippen LogP contribution in [-0.2, 0) is 12.8 Å². The maximum Gasteiger partial charge on any atom is 0.0670 e. The Kier molecular flexibility index (Phi) is 5.58. The van der Waals surface area contributed by atoms with Crippen LogP contribution in [0.25, 0.3) is 0 Å². The molecule has 1 saturated carbocycles. The largest absolute Gasteiger partial charge is 0.392 e. The number of rotatable bonds is 6. The van der Waals surface area contributed by atoms with Crippen molar-refractivity contribution in [1.29, 1.82) is 0 Å². The molecular weight excluding hydrogens is 240 g/mol. The average molecular weight is 264 g/mol. The molecule has 1 N–H and O–H groups in total. The first kappa shape index (κ1) is 14.0. The van der Waals surface area contributed by atoms with Crippen LogP contribution in [0.4, 0.5) is 0 Å². The van der Waals surface area contributed by atoms with Crippen molar-refractivity contribution < 1.29 is 5.11 Å². The highest BCUT2D eigenvalue weighted by Gasteiger charge is 2.17. The molecule has 0 aromatic heterocycles. The van der Waals surface area contributed by atoms with Gasteiger partial charge in [0.05, 0.1) is 6.10 Å². The average Bonchev–Trinajstić information content (AvgIpc) is 2.90. The first-order chi connectivity index (χ1) is 8.78. The maximum absolute atomic E-state index is 10.1. The minimum atomic E-state index is -0.192. The summed E-state index contributed by atoms with van der Waals surface area (Å²) < 4.78 is 0. The van der Waals surface area contributed by atoms with Crippen LogP contribution in [-0.4, -0.2) is 22.2 Å². The Labute approximate surface area is 115 Å². The van der Waals surface area contributed by atoms with Crippen molar-refractivity contribution in [3.05, 3.63) is 35.4 Å². The van der Waals surface area contributed by atoms with E-state index in [1.165, 1.54) is 36.8 Å². The lowest BCUT2D eigenvalue weighted by atomic mass is 10.1. The molecule has 2 rings (SSSR count). The molecule has 100 valence electrons. The molecule has 0 saturated heterocycles. The number of aliphatic hydroxyl groups is 1. The lowest BCUT2D eigenvalue weighted by Crippen LogP contribution is -2.15. The van der Waals surface area contributed by atoms with E-state index >= 15 is 0 Å². The van der Waals surface area contributed by atoms with E-state index in [-0.39, 0.29) is 6.10 Å². The first-order valence-corrected chi connectivity index (χ1v) is 8.20. The highest BCUT2D eigenvalue weighted by Crippen LogP contribution is 2.29. The number of thioether (sulfide) groups is 1. The zero-order valence-corrected chi connectivity index (χ0v) is 12.1. The Hall–Kier alpha value is -0.470. The van der Waals surface area contributed by atoms with E-state index in [0.717, 1.165) is 23.8 Å². The van der Waals surface area contributed by atoms with Gasteiger partial charge >= 0.3 is 0 Å². The minimum Gasteiger partial charge on any atom is -0.392 e. The molecule has 1 aromatic rings. The lowest BCUT2D eigenvalue weighted by Gasteiger charge is -2.14. The molecule has 18 heavy (non-hydrogen) atoms. The zero-order chi connectivity index (χ0) is 12.8. The van der Waals surface area contributed by atoms with Gasteiger partial charge in [-0.05, 0) is 36.8 Å². The predicted molar refractivity (Wildman–Crippen MR) is 80.2 cm³/mol. The topological polar surface area (TPSA) is 20.2 Å². The van der Waals surface area contributed by atoms with E-state index in [0.29, 0.717) is 0 Å². The molecule has 0 spiro atoms. The molecule has 1 aromatic carbocycles. The summed E-state index contributed by atoms with van der Waals surface area (Å²) in [5, 5.41) is 10.9. The van der Waals surface area contributed by atoms with Gasteiger partial charge in [-0.2, -0.15) is 11.8 Å². The van der Waals surface area contributed by atoms with E-state index in [1.807, 2.05) is 11.8 Å². The summed E-state index contributed by atoms with van der Waals surface area (Å²) in [5.41, 5.74) is 2.63. The van der Waals surface area contributed by atoms with E-state index in [1.54, 1.807) is 0 Å². The molecule has 0 amide bonds. The van der Waals surface area contributed by atoms with Gasteiger partial charge in [0.25, 0.3) is 0 Å². The molecule has 1 atom stereocenters. The van der Waals surface area contributed by atoms with Crippen molar-refractivity contribution in [3.8, 4) is 0 Å². The van der Waals surface area contributed by atoms with Crippen molar-refractivity contribution in [2.24, 2.45) is 0 Å². The van der Waals surface area contributed by atoms with Crippen LogP contribution in [0.1, 0.15) is 43.7 Å².